The Balaban J connectivity index is 1.76. The average Bonchev–Trinajstić information content (AvgIpc) is 2.59. The first-order valence-electron chi connectivity index (χ1n) is 7.65. The summed E-state index contributed by atoms with van der Waals surface area (Å²) in [6.45, 7) is 1.65. The van der Waals surface area contributed by atoms with Crippen molar-refractivity contribution in [1.29, 1.82) is 0 Å². The van der Waals surface area contributed by atoms with Crippen LogP contribution in [0.2, 0.25) is 0 Å². The van der Waals surface area contributed by atoms with Gasteiger partial charge in [0.2, 0.25) is 0 Å². The number of likely N-dealkylation sites (tertiary alicyclic amines) is 1. The Bertz CT molecular complexity index is 666. The Morgan fingerprint density at radius 2 is 1.91 bits per heavy atom. The second-order valence-electron chi connectivity index (χ2n) is 5.50. The highest BCUT2D eigenvalue weighted by Gasteiger charge is 2.16. The van der Waals surface area contributed by atoms with E-state index < -0.39 is 0 Å². The minimum Gasteiger partial charge on any atom is -0.497 e. The van der Waals surface area contributed by atoms with E-state index in [0.717, 1.165) is 48.1 Å². The van der Waals surface area contributed by atoms with Crippen molar-refractivity contribution < 1.29 is 9.53 Å². The summed E-state index contributed by atoms with van der Waals surface area (Å²) in [6, 6.07) is 11.8. The predicted molar refractivity (Wildman–Crippen MR) is 88.1 cm³/mol. The molecule has 2 aromatic rings. The van der Waals surface area contributed by atoms with Gasteiger partial charge in [-0.2, -0.15) is 0 Å². The van der Waals surface area contributed by atoms with Crippen LogP contribution in [0.5, 0.6) is 5.75 Å². The van der Waals surface area contributed by atoms with Gasteiger partial charge in [-0.05, 0) is 30.7 Å². The number of amides is 2. The van der Waals surface area contributed by atoms with E-state index in [1.54, 1.807) is 7.11 Å². The van der Waals surface area contributed by atoms with Crippen molar-refractivity contribution in [3.63, 3.8) is 0 Å². The number of methoxy groups -OCH3 is 1. The highest BCUT2D eigenvalue weighted by Crippen LogP contribution is 2.28. The molecule has 0 bridgehead atoms. The first kappa shape index (κ1) is 14.5. The Morgan fingerprint density at radius 1 is 1.14 bits per heavy atom. The number of anilines is 1. The first-order valence-corrected chi connectivity index (χ1v) is 7.65. The third-order valence-electron chi connectivity index (χ3n) is 4.02. The maximum Gasteiger partial charge on any atom is 0.336 e. The number of piperidine rings is 1. The zero-order chi connectivity index (χ0) is 15.4. The van der Waals surface area contributed by atoms with E-state index in [1.165, 1.54) is 6.42 Å². The van der Waals surface area contributed by atoms with Gasteiger partial charge in [-0.15, -0.1) is 0 Å². The lowest BCUT2D eigenvalue weighted by molar-refractivity contribution is 0.188. The minimum absolute atomic E-state index is 0.0772. The zero-order valence-corrected chi connectivity index (χ0v) is 12.8. The van der Waals surface area contributed by atoms with Crippen LogP contribution in [0.1, 0.15) is 19.3 Å². The monoisotopic (exact) mass is 299 g/mol. The molecule has 2 N–H and O–H groups in total. The van der Waals surface area contributed by atoms with Gasteiger partial charge in [-0.3, -0.25) is 10.9 Å². The molecule has 2 amide bonds. The van der Waals surface area contributed by atoms with E-state index in [1.807, 2.05) is 41.3 Å². The average molecular weight is 299 g/mol. The van der Waals surface area contributed by atoms with Crippen LogP contribution in [0.15, 0.2) is 36.4 Å². The van der Waals surface area contributed by atoms with Gasteiger partial charge < -0.3 is 9.64 Å². The number of urea groups is 1. The van der Waals surface area contributed by atoms with E-state index in [2.05, 4.69) is 10.9 Å². The van der Waals surface area contributed by atoms with Crippen LogP contribution in [-0.4, -0.2) is 31.1 Å². The van der Waals surface area contributed by atoms with E-state index in [0.29, 0.717) is 0 Å². The molecule has 1 saturated heterocycles. The fraction of sp³-hybridized carbons (Fsp3) is 0.353. The Hall–Kier alpha value is -2.43. The van der Waals surface area contributed by atoms with Gasteiger partial charge in [-0.1, -0.05) is 24.3 Å². The maximum atomic E-state index is 12.2. The molecule has 0 atom stereocenters. The van der Waals surface area contributed by atoms with Crippen LogP contribution in [0, 0.1) is 0 Å². The summed E-state index contributed by atoms with van der Waals surface area (Å²) in [7, 11) is 1.64. The van der Waals surface area contributed by atoms with Crippen molar-refractivity contribution in [1.82, 2.24) is 10.3 Å². The van der Waals surface area contributed by atoms with Gasteiger partial charge in [-0.25, -0.2) is 4.79 Å². The molecule has 1 aliphatic heterocycles. The molecule has 0 radical (unpaired) electrons. The molecule has 22 heavy (non-hydrogen) atoms. The van der Waals surface area contributed by atoms with Gasteiger partial charge in [0, 0.05) is 24.5 Å². The molecule has 1 heterocycles. The normalized spacial score (nSPS) is 14.7. The molecule has 0 aromatic heterocycles. The standard InChI is InChI=1S/C17H21N3O2/c1-22-14-11-13-7-3-4-8-15(13)16(12-14)18-19-17(21)20-9-5-2-6-10-20/h3-4,7-8,11-12,18H,2,5-6,9-10H2,1H3,(H,19,21). The summed E-state index contributed by atoms with van der Waals surface area (Å²) in [4.78, 5) is 14.0. The summed E-state index contributed by atoms with van der Waals surface area (Å²) >= 11 is 0. The van der Waals surface area contributed by atoms with Crippen LogP contribution in [0.4, 0.5) is 10.5 Å². The van der Waals surface area contributed by atoms with Gasteiger partial charge in [0.15, 0.2) is 0 Å². The lowest BCUT2D eigenvalue weighted by Gasteiger charge is -2.27. The second-order valence-corrected chi connectivity index (χ2v) is 5.50. The van der Waals surface area contributed by atoms with E-state index in [9.17, 15) is 4.79 Å². The third kappa shape index (κ3) is 3.08. The number of nitrogens with zero attached hydrogens (tertiary/aromatic N) is 1. The summed E-state index contributed by atoms with van der Waals surface area (Å²) in [6.07, 6.45) is 3.36. The summed E-state index contributed by atoms with van der Waals surface area (Å²) in [5, 5.41) is 2.11. The number of nitrogens with one attached hydrogen (secondary N) is 2. The maximum absolute atomic E-state index is 12.2. The number of rotatable bonds is 3. The first-order chi connectivity index (χ1) is 10.8. The van der Waals surface area contributed by atoms with Gasteiger partial charge in [0.25, 0.3) is 0 Å². The molecular formula is C17H21N3O2. The molecule has 1 fully saturated rings. The Kier molecular flexibility index (Phi) is 4.32. The molecule has 116 valence electrons. The molecule has 0 saturated carbocycles. The highest BCUT2D eigenvalue weighted by molar-refractivity contribution is 5.95. The van der Waals surface area contributed by atoms with Crippen LogP contribution in [0.25, 0.3) is 10.8 Å². The minimum atomic E-state index is -0.0772. The van der Waals surface area contributed by atoms with Crippen molar-refractivity contribution in [2.24, 2.45) is 0 Å². The van der Waals surface area contributed by atoms with Gasteiger partial charge in [0.1, 0.15) is 5.75 Å². The number of benzene rings is 2. The van der Waals surface area contributed by atoms with Crippen molar-refractivity contribution in [3.8, 4) is 5.75 Å². The Labute approximate surface area is 130 Å². The molecule has 0 aliphatic carbocycles. The number of hydrogen-bond acceptors (Lipinski definition) is 3. The highest BCUT2D eigenvalue weighted by atomic mass is 16.5. The van der Waals surface area contributed by atoms with Crippen LogP contribution in [-0.2, 0) is 0 Å². The fourth-order valence-corrected chi connectivity index (χ4v) is 2.80. The van der Waals surface area contributed by atoms with Crippen LogP contribution in [0.3, 0.4) is 0 Å². The number of hydrogen-bond donors (Lipinski definition) is 2. The van der Waals surface area contributed by atoms with E-state index in [4.69, 9.17) is 4.74 Å². The number of carbonyl (C=O) groups is 1. The lowest BCUT2D eigenvalue weighted by Crippen LogP contribution is -2.44. The second kappa shape index (κ2) is 6.56. The molecule has 0 spiro atoms. The van der Waals surface area contributed by atoms with Crippen molar-refractivity contribution in [2.75, 3.05) is 25.6 Å². The van der Waals surface area contributed by atoms with Gasteiger partial charge >= 0.3 is 6.03 Å². The van der Waals surface area contributed by atoms with E-state index >= 15 is 0 Å². The predicted octanol–water partition coefficient (Wildman–Crippen LogP) is 3.37. The molecule has 3 rings (SSSR count). The molecule has 2 aromatic carbocycles. The summed E-state index contributed by atoms with van der Waals surface area (Å²) in [5.74, 6) is 0.758. The van der Waals surface area contributed by atoms with E-state index in [-0.39, 0.29) is 6.03 Å². The molecule has 5 heteroatoms. The van der Waals surface area contributed by atoms with Crippen LogP contribution < -0.4 is 15.6 Å². The Morgan fingerprint density at radius 3 is 2.68 bits per heavy atom. The molecule has 0 unspecified atom stereocenters. The lowest BCUT2D eigenvalue weighted by atomic mass is 10.1. The summed E-state index contributed by atoms with van der Waals surface area (Å²) < 4.78 is 5.32. The van der Waals surface area contributed by atoms with Crippen molar-refractivity contribution in [2.45, 2.75) is 19.3 Å². The van der Waals surface area contributed by atoms with Crippen molar-refractivity contribution >= 4 is 22.5 Å². The SMILES string of the molecule is COc1cc(NNC(=O)N2CCCCC2)c2ccccc2c1. The summed E-state index contributed by atoms with van der Waals surface area (Å²) in [5.41, 5.74) is 6.67. The number of carbonyl (C=O) groups excluding carboxylic acids is 1. The number of hydrazine groups is 1. The zero-order valence-electron chi connectivity index (χ0n) is 12.8. The van der Waals surface area contributed by atoms with Gasteiger partial charge in [0.05, 0.1) is 12.8 Å². The molecular weight excluding hydrogens is 278 g/mol. The number of ether oxygens (including phenoxy) is 1. The number of fused-ring (bicyclic) bond motifs is 1. The molecule has 5 nitrogen and oxygen atoms in total. The topological polar surface area (TPSA) is 53.6 Å². The van der Waals surface area contributed by atoms with Crippen molar-refractivity contribution in [3.05, 3.63) is 36.4 Å². The smallest absolute Gasteiger partial charge is 0.336 e. The molecule has 1 aliphatic rings. The largest absolute Gasteiger partial charge is 0.497 e. The fourth-order valence-electron chi connectivity index (χ4n) is 2.80. The van der Waals surface area contributed by atoms with Crippen LogP contribution >= 0.6 is 0 Å². The third-order valence-corrected chi connectivity index (χ3v) is 4.02. The quantitative estimate of drug-likeness (QED) is 0.854.